The van der Waals surface area contributed by atoms with E-state index in [1.807, 2.05) is 0 Å². The van der Waals surface area contributed by atoms with Crippen molar-refractivity contribution in [3.63, 3.8) is 0 Å². The second-order valence-electron chi connectivity index (χ2n) is 5.15. The quantitative estimate of drug-likeness (QED) is 0.858. The Labute approximate surface area is 151 Å². The van der Waals surface area contributed by atoms with E-state index < -0.39 is 0 Å². The molecule has 2 aromatic rings. The highest BCUT2D eigenvalue weighted by Gasteiger charge is 2.24. The van der Waals surface area contributed by atoms with Crippen LogP contribution in [0.4, 0.5) is 0 Å². The first-order valence-corrected chi connectivity index (χ1v) is 7.80. The van der Waals surface area contributed by atoms with Gasteiger partial charge in [0.1, 0.15) is 4.88 Å². The van der Waals surface area contributed by atoms with Crippen LogP contribution in [0.5, 0.6) is 0 Å². The van der Waals surface area contributed by atoms with E-state index in [0.717, 1.165) is 19.5 Å². The van der Waals surface area contributed by atoms with Gasteiger partial charge in [-0.25, -0.2) is 15.0 Å². The van der Waals surface area contributed by atoms with Gasteiger partial charge in [-0.2, -0.15) is 0 Å². The summed E-state index contributed by atoms with van der Waals surface area (Å²) in [5.41, 5.74) is 0. The van der Waals surface area contributed by atoms with Crippen LogP contribution in [0.2, 0.25) is 0 Å². The molecular weight excluding hydrogens is 357 g/mol. The first kappa shape index (κ1) is 19.8. The fourth-order valence-electron chi connectivity index (χ4n) is 2.31. The Kier molecular flexibility index (Phi) is 7.84. The number of hydrogen-bond acceptors (Lipinski definition) is 6. The molecule has 2 N–H and O–H groups in total. The van der Waals surface area contributed by atoms with Crippen LogP contribution in [0.3, 0.4) is 0 Å². The molecule has 0 aromatic carbocycles. The number of piperidine rings is 1. The fourth-order valence-corrected chi connectivity index (χ4v) is 3.08. The summed E-state index contributed by atoms with van der Waals surface area (Å²) in [6.07, 6.45) is 6.00. The summed E-state index contributed by atoms with van der Waals surface area (Å²) in [7, 11) is 0. The number of hydrogen-bond donors (Lipinski definition) is 2. The minimum Gasteiger partial charge on any atom is -0.347 e. The van der Waals surface area contributed by atoms with Crippen molar-refractivity contribution in [2.75, 3.05) is 13.1 Å². The standard InChI is InChI=1S/C14H17N5OS.2ClH/c1-9-3-6-15-7-10(9)19-13(20)11-8-18-14(21-11)12-16-4-2-5-17-12;;/h2,4-5,8-10,15H,3,6-7H2,1H3,(H,19,20);2*1H. The van der Waals surface area contributed by atoms with Crippen LogP contribution in [0.25, 0.3) is 10.8 Å². The predicted molar refractivity (Wildman–Crippen MR) is 95.5 cm³/mol. The predicted octanol–water partition coefficient (Wildman–Crippen LogP) is 2.17. The number of carbonyl (C=O) groups is 1. The second kappa shape index (κ2) is 9.12. The van der Waals surface area contributed by atoms with Gasteiger partial charge in [-0.3, -0.25) is 4.79 Å². The van der Waals surface area contributed by atoms with Crippen molar-refractivity contribution in [3.8, 4) is 10.8 Å². The third-order valence-corrected chi connectivity index (χ3v) is 4.62. The number of thiazole rings is 1. The highest BCUT2D eigenvalue weighted by atomic mass is 35.5. The maximum Gasteiger partial charge on any atom is 0.263 e. The SMILES string of the molecule is CC1CCNCC1NC(=O)c1cnc(-c2ncccn2)s1.Cl.Cl. The molecule has 2 aromatic heterocycles. The minimum atomic E-state index is -0.0739. The smallest absolute Gasteiger partial charge is 0.263 e. The molecule has 1 aliphatic rings. The van der Waals surface area contributed by atoms with Crippen LogP contribution in [0.1, 0.15) is 23.0 Å². The van der Waals surface area contributed by atoms with E-state index in [1.54, 1.807) is 24.7 Å². The average Bonchev–Trinajstić information content (AvgIpc) is 3.00. The van der Waals surface area contributed by atoms with Crippen molar-refractivity contribution in [2.24, 2.45) is 5.92 Å². The van der Waals surface area contributed by atoms with Crippen molar-refractivity contribution in [2.45, 2.75) is 19.4 Å². The van der Waals surface area contributed by atoms with E-state index in [4.69, 9.17) is 0 Å². The van der Waals surface area contributed by atoms with E-state index in [-0.39, 0.29) is 36.8 Å². The summed E-state index contributed by atoms with van der Waals surface area (Å²) in [6.45, 7) is 4.01. The molecule has 0 aliphatic carbocycles. The lowest BCUT2D eigenvalue weighted by atomic mass is 9.95. The summed E-state index contributed by atoms with van der Waals surface area (Å²) in [5.74, 6) is 0.963. The minimum absolute atomic E-state index is 0. The normalized spacial score (nSPS) is 20.0. The summed E-state index contributed by atoms with van der Waals surface area (Å²) in [5, 5.41) is 7.05. The lowest BCUT2D eigenvalue weighted by molar-refractivity contribution is 0.0919. The molecule has 0 radical (unpaired) electrons. The molecule has 0 spiro atoms. The van der Waals surface area contributed by atoms with E-state index >= 15 is 0 Å². The number of nitrogens with one attached hydrogen (secondary N) is 2. The van der Waals surface area contributed by atoms with Crippen LogP contribution >= 0.6 is 36.2 Å². The number of halogens is 2. The van der Waals surface area contributed by atoms with Gasteiger partial charge in [0, 0.05) is 25.0 Å². The fraction of sp³-hybridized carbons (Fsp3) is 0.429. The summed E-state index contributed by atoms with van der Waals surface area (Å²) in [4.78, 5) is 25.4. The molecule has 2 atom stereocenters. The first-order chi connectivity index (χ1) is 10.2. The molecule has 6 nitrogen and oxygen atoms in total. The molecule has 1 aliphatic heterocycles. The van der Waals surface area contributed by atoms with Crippen molar-refractivity contribution in [1.82, 2.24) is 25.6 Å². The average molecular weight is 376 g/mol. The second-order valence-corrected chi connectivity index (χ2v) is 6.18. The number of amides is 1. The summed E-state index contributed by atoms with van der Waals surface area (Å²) >= 11 is 1.32. The van der Waals surface area contributed by atoms with Gasteiger partial charge in [-0.05, 0) is 24.9 Å². The van der Waals surface area contributed by atoms with Crippen LogP contribution in [0, 0.1) is 5.92 Å². The molecular formula is C14H19Cl2N5OS. The van der Waals surface area contributed by atoms with E-state index in [1.165, 1.54) is 11.3 Å². The molecule has 126 valence electrons. The van der Waals surface area contributed by atoms with Crippen LogP contribution in [-0.4, -0.2) is 40.0 Å². The number of rotatable bonds is 3. The Morgan fingerprint density at radius 3 is 2.74 bits per heavy atom. The Bertz CT molecular complexity index is 625. The third-order valence-electron chi connectivity index (χ3n) is 3.63. The monoisotopic (exact) mass is 375 g/mol. The maximum atomic E-state index is 12.3. The van der Waals surface area contributed by atoms with Gasteiger partial charge < -0.3 is 10.6 Å². The zero-order valence-electron chi connectivity index (χ0n) is 12.6. The van der Waals surface area contributed by atoms with E-state index in [2.05, 4.69) is 32.5 Å². The van der Waals surface area contributed by atoms with Crippen LogP contribution in [-0.2, 0) is 0 Å². The van der Waals surface area contributed by atoms with Gasteiger partial charge in [-0.1, -0.05) is 6.92 Å². The molecule has 0 saturated carbocycles. The van der Waals surface area contributed by atoms with Crippen molar-refractivity contribution < 1.29 is 4.79 Å². The molecule has 1 fully saturated rings. The Balaban J connectivity index is 0.00000132. The molecule has 23 heavy (non-hydrogen) atoms. The lowest BCUT2D eigenvalue weighted by Crippen LogP contribution is -2.50. The molecule has 2 unspecified atom stereocenters. The highest BCUT2D eigenvalue weighted by molar-refractivity contribution is 7.16. The van der Waals surface area contributed by atoms with Crippen LogP contribution in [0.15, 0.2) is 24.7 Å². The van der Waals surface area contributed by atoms with Crippen molar-refractivity contribution in [3.05, 3.63) is 29.5 Å². The van der Waals surface area contributed by atoms with Crippen LogP contribution < -0.4 is 10.6 Å². The van der Waals surface area contributed by atoms with Gasteiger partial charge in [0.05, 0.1) is 6.20 Å². The summed E-state index contributed by atoms with van der Waals surface area (Å²) < 4.78 is 0. The van der Waals surface area contributed by atoms with E-state index in [9.17, 15) is 4.79 Å². The third kappa shape index (κ3) is 4.84. The summed E-state index contributed by atoms with van der Waals surface area (Å²) in [6, 6.07) is 1.92. The number of aromatic nitrogens is 3. The molecule has 1 amide bonds. The Morgan fingerprint density at radius 1 is 1.30 bits per heavy atom. The van der Waals surface area contributed by atoms with Gasteiger partial charge in [-0.15, -0.1) is 36.2 Å². The molecule has 9 heteroatoms. The van der Waals surface area contributed by atoms with Gasteiger partial charge >= 0.3 is 0 Å². The molecule has 1 saturated heterocycles. The van der Waals surface area contributed by atoms with Gasteiger partial charge in [0.2, 0.25) is 0 Å². The van der Waals surface area contributed by atoms with Gasteiger partial charge in [0.25, 0.3) is 5.91 Å². The zero-order chi connectivity index (χ0) is 14.7. The molecule has 0 bridgehead atoms. The number of carbonyl (C=O) groups excluding carboxylic acids is 1. The largest absolute Gasteiger partial charge is 0.347 e. The first-order valence-electron chi connectivity index (χ1n) is 6.99. The van der Waals surface area contributed by atoms with Crippen molar-refractivity contribution in [1.29, 1.82) is 0 Å². The Morgan fingerprint density at radius 2 is 2.04 bits per heavy atom. The number of nitrogens with zero attached hydrogens (tertiary/aromatic N) is 3. The highest BCUT2D eigenvalue weighted by Crippen LogP contribution is 2.22. The zero-order valence-corrected chi connectivity index (χ0v) is 15.0. The Hall–Kier alpha value is -1.28. The maximum absolute atomic E-state index is 12.3. The van der Waals surface area contributed by atoms with Crippen molar-refractivity contribution >= 4 is 42.1 Å². The van der Waals surface area contributed by atoms with Gasteiger partial charge in [0.15, 0.2) is 10.8 Å². The topological polar surface area (TPSA) is 79.8 Å². The van der Waals surface area contributed by atoms with E-state index in [0.29, 0.717) is 21.6 Å². The molecule has 3 rings (SSSR count). The molecule has 3 heterocycles. The lowest BCUT2D eigenvalue weighted by Gasteiger charge is -2.29.